The van der Waals surface area contributed by atoms with Gasteiger partial charge in [-0.3, -0.25) is 9.88 Å². The lowest BCUT2D eigenvalue weighted by molar-refractivity contribution is 0.0136. The molecule has 1 aromatic rings. The second-order valence-corrected chi connectivity index (χ2v) is 7.13. The van der Waals surface area contributed by atoms with Gasteiger partial charge in [0.05, 0.1) is 6.10 Å². The second kappa shape index (κ2) is 7.34. The van der Waals surface area contributed by atoms with Crippen LogP contribution in [-0.2, 0) is 6.42 Å². The molecule has 1 atom stereocenters. The van der Waals surface area contributed by atoms with Crippen LogP contribution < -0.4 is 0 Å². The van der Waals surface area contributed by atoms with E-state index in [4.69, 9.17) is 0 Å². The van der Waals surface area contributed by atoms with Gasteiger partial charge in [-0.1, -0.05) is 20.8 Å². The molecule has 0 amide bonds. The third-order valence-electron chi connectivity index (χ3n) is 4.36. The van der Waals surface area contributed by atoms with Crippen molar-refractivity contribution in [3.05, 3.63) is 30.1 Å². The minimum Gasteiger partial charge on any atom is -0.391 e. The smallest absolute Gasteiger partial charge is 0.0715 e. The Labute approximate surface area is 128 Å². The predicted octanol–water partition coefficient (Wildman–Crippen LogP) is 1.65. The van der Waals surface area contributed by atoms with Gasteiger partial charge >= 0.3 is 0 Å². The maximum Gasteiger partial charge on any atom is 0.0715 e. The number of aromatic nitrogens is 1. The minimum absolute atomic E-state index is 0.0293. The summed E-state index contributed by atoms with van der Waals surface area (Å²) in [5.74, 6) is 0. The highest BCUT2D eigenvalue weighted by atomic mass is 16.3. The van der Waals surface area contributed by atoms with Crippen LogP contribution in [0.3, 0.4) is 0 Å². The van der Waals surface area contributed by atoms with E-state index >= 15 is 0 Å². The summed E-state index contributed by atoms with van der Waals surface area (Å²) in [5, 5.41) is 10.2. The molecule has 1 aliphatic rings. The number of piperazine rings is 1. The molecule has 0 spiro atoms. The van der Waals surface area contributed by atoms with E-state index in [0.29, 0.717) is 0 Å². The Kier molecular flexibility index (Phi) is 5.73. The van der Waals surface area contributed by atoms with Crippen molar-refractivity contribution < 1.29 is 5.11 Å². The molecule has 0 unspecified atom stereocenters. The molecule has 0 radical (unpaired) electrons. The van der Waals surface area contributed by atoms with Crippen molar-refractivity contribution in [3.63, 3.8) is 0 Å². The average Bonchev–Trinajstić information content (AvgIpc) is 2.46. The number of aliphatic hydroxyl groups is 1. The van der Waals surface area contributed by atoms with E-state index < -0.39 is 0 Å². The molecule has 4 heteroatoms. The Balaban J connectivity index is 1.69. The van der Waals surface area contributed by atoms with Crippen molar-refractivity contribution in [1.29, 1.82) is 0 Å². The second-order valence-electron chi connectivity index (χ2n) is 7.13. The van der Waals surface area contributed by atoms with Gasteiger partial charge in [0.15, 0.2) is 0 Å². The normalized spacial score (nSPS) is 19.6. The van der Waals surface area contributed by atoms with Gasteiger partial charge < -0.3 is 10.0 Å². The van der Waals surface area contributed by atoms with Crippen molar-refractivity contribution in [1.82, 2.24) is 14.8 Å². The van der Waals surface area contributed by atoms with Crippen molar-refractivity contribution in [2.45, 2.75) is 33.3 Å². The first-order valence-electron chi connectivity index (χ1n) is 7.97. The summed E-state index contributed by atoms with van der Waals surface area (Å²) in [6.07, 6.45) is 4.57. The standard InChI is InChI=1S/C17H29N3O/c1-17(2,3)16(21)14-20-12-10-19(11-13-20)9-6-15-4-7-18-8-5-15/h4-5,7-8,16,21H,6,9-14H2,1-3H3/t16-/m0/s1. The molecule has 118 valence electrons. The zero-order valence-electron chi connectivity index (χ0n) is 13.6. The van der Waals surface area contributed by atoms with Crippen molar-refractivity contribution in [3.8, 4) is 0 Å². The number of hydrogen-bond acceptors (Lipinski definition) is 4. The van der Waals surface area contributed by atoms with Gasteiger partial charge in [0, 0.05) is 51.7 Å². The topological polar surface area (TPSA) is 39.6 Å². The molecule has 1 fully saturated rings. The molecule has 1 aromatic heterocycles. The predicted molar refractivity (Wildman–Crippen MR) is 86.3 cm³/mol. The van der Waals surface area contributed by atoms with Gasteiger partial charge in [0.2, 0.25) is 0 Å². The van der Waals surface area contributed by atoms with E-state index in [1.54, 1.807) is 0 Å². The van der Waals surface area contributed by atoms with Crippen molar-refractivity contribution >= 4 is 0 Å². The Morgan fingerprint density at radius 1 is 1.10 bits per heavy atom. The summed E-state index contributed by atoms with van der Waals surface area (Å²) in [6, 6.07) is 4.19. The molecule has 2 rings (SSSR count). The molecule has 0 aliphatic carbocycles. The van der Waals surface area contributed by atoms with Crippen molar-refractivity contribution in [2.75, 3.05) is 39.3 Å². The summed E-state index contributed by atoms with van der Waals surface area (Å²) < 4.78 is 0. The van der Waals surface area contributed by atoms with Crippen LogP contribution >= 0.6 is 0 Å². The molecule has 4 nitrogen and oxygen atoms in total. The Morgan fingerprint density at radius 3 is 2.24 bits per heavy atom. The van der Waals surface area contributed by atoms with Crippen LogP contribution in [0.5, 0.6) is 0 Å². The summed E-state index contributed by atoms with van der Waals surface area (Å²) in [5.41, 5.74) is 1.33. The summed E-state index contributed by atoms with van der Waals surface area (Å²) in [4.78, 5) is 8.96. The van der Waals surface area contributed by atoms with Crippen LogP contribution in [0.1, 0.15) is 26.3 Å². The van der Waals surface area contributed by atoms with Crippen molar-refractivity contribution in [2.24, 2.45) is 5.41 Å². The number of rotatable bonds is 5. The van der Waals surface area contributed by atoms with E-state index in [-0.39, 0.29) is 11.5 Å². The zero-order chi connectivity index (χ0) is 15.3. The first kappa shape index (κ1) is 16.4. The number of pyridine rings is 1. The van der Waals surface area contributed by atoms with Gasteiger partial charge in [-0.25, -0.2) is 0 Å². The first-order chi connectivity index (χ1) is 9.95. The van der Waals surface area contributed by atoms with E-state index in [1.165, 1.54) is 5.56 Å². The maximum atomic E-state index is 10.2. The molecule has 0 saturated carbocycles. The van der Waals surface area contributed by atoms with Crippen LogP contribution in [0.25, 0.3) is 0 Å². The van der Waals surface area contributed by atoms with Gasteiger partial charge in [-0.2, -0.15) is 0 Å². The average molecular weight is 291 g/mol. The SMILES string of the molecule is CC(C)(C)[C@@H](O)CN1CCN(CCc2ccncc2)CC1. The minimum atomic E-state index is -0.249. The van der Waals surface area contributed by atoms with Gasteiger partial charge in [-0.05, 0) is 29.5 Å². The largest absolute Gasteiger partial charge is 0.391 e. The van der Waals surface area contributed by atoms with E-state index in [2.05, 4.69) is 47.7 Å². The number of hydrogen-bond donors (Lipinski definition) is 1. The third-order valence-corrected chi connectivity index (χ3v) is 4.36. The highest BCUT2D eigenvalue weighted by Gasteiger charge is 2.26. The fraction of sp³-hybridized carbons (Fsp3) is 0.706. The molecular weight excluding hydrogens is 262 g/mol. The third kappa shape index (κ3) is 5.38. The van der Waals surface area contributed by atoms with Crippen LogP contribution in [0.2, 0.25) is 0 Å². The summed E-state index contributed by atoms with van der Waals surface area (Å²) >= 11 is 0. The number of aliphatic hydroxyl groups excluding tert-OH is 1. The van der Waals surface area contributed by atoms with E-state index in [9.17, 15) is 5.11 Å². The van der Waals surface area contributed by atoms with Crippen LogP contribution in [-0.4, -0.2) is 65.3 Å². The van der Waals surface area contributed by atoms with Crippen LogP contribution in [0.15, 0.2) is 24.5 Å². The molecule has 0 bridgehead atoms. The molecular formula is C17H29N3O. The number of nitrogens with zero attached hydrogens (tertiary/aromatic N) is 3. The quantitative estimate of drug-likeness (QED) is 0.895. The maximum absolute atomic E-state index is 10.2. The lowest BCUT2D eigenvalue weighted by Crippen LogP contribution is -2.50. The van der Waals surface area contributed by atoms with Gasteiger partial charge in [0.1, 0.15) is 0 Å². The molecule has 0 aromatic carbocycles. The molecule has 2 heterocycles. The van der Waals surface area contributed by atoms with Crippen LogP contribution in [0.4, 0.5) is 0 Å². The lowest BCUT2D eigenvalue weighted by atomic mass is 9.89. The molecule has 21 heavy (non-hydrogen) atoms. The van der Waals surface area contributed by atoms with E-state index in [1.807, 2.05) is 12.4 Å². The molecule has 1 N–H and O–H groups in total. The van der Waals surface area contributed by atoms with E-state index in [0.717, 1.165) is 45.7 Å². The number of β-amino-alcohol motifs (C(OH)–C–C–N with tert-alkyl or cyclic N) is 1. The lowest BCUT2D eigenvalue weighted by Gasteiger charge is -2.38. The highest BCUT2D eigenvalue weighted by molar-refractivity contribution is 5.09. The highest BCUT2D eigenvalue weighted by Crippen LogP contribution is 2.20. The summed E-state index contributed by atoms with van der Waals surface area (Å²) in [6.45, 7) is 12.5. The Bertz CT molecular complexity index is 408. The molecule has 1 aliphatic heterocycles. The zero-order valence-corrected chi connectivity index (χ0v) is 13.6. The first-order valence-corrected chi connectivity index (χ1v) is 7.97. The fourth-order valence-electron chi connectivity index (χ4n) is 2.55. The van der Waals surface area contributed by atoms with Crippen LogP contribution in [0, 0.1) is 5.41 Å². The monoisotopic (exact) mass is 291 g/mol. The van der Waals surface area contributed by atoms with Gasteiger partial charge in [-0.15, -0.1) is 0 Å². The summed E-state index contributed by atoms with van der Waals surface area (Å²) in [7, 11) is 0. The van der Waals surface area contributed by atoms with Gasteiger partial charge in [0.25, 0.3) is 0 Å². The molecule has 1 saturated heterocycles. The Morgan fingerprint density at radius 2 is 1.67 bits per heavy atom. The fourth-order valence-corrected chi connectivity index (χ4v) is 2.55. The Hall–Kier alpha value is -0.970.